The fraction of sp³-hybridized carbons (Fsp3) is 0.412. The van der Waals surface area contributed by atoms with Gasteiger partial charge in [0, 0.05) is 31.3 Å². The van der Waals surface area contributed by atoms with Gasteiger partial charge in [-0.25, -0.2) is 13.6 Å². The molecule has 1 saturated heterocycles. The molecular formula is C17H18F2N2O4. The number of alkyl halides is 1. The van der Waals surface area contributed by atoms with Crippen LogP contribution in [0.4, 0.5) is 19.3 Å². The van der Waals surface area contributed by atoms with Gasteiger partial charge in [0.2, 0.25) is 0 Å². The maximum Gasteiger partial charge on any atom is 0.414 e. The highest BCUT2D eigenvalue weighted by Gasteiger charge is 2.33. The van der Waals surface area contributed by atoms with Crippen molar-refractivity contribution >= 4 is 23.3 Å². The lowest BCUT2D eigenvalue weighted by atomic mass is 9.97. The van der Waals surface area contributed by atoms with E-state index in [0.717, 1.165) is 0 Å². The minimum Gasteiger partial charge on any atom is -0.462 e. The van der Waals surface area contributed by atoms with Crippen LogP contribution >= 0.6 is 0 Å². The first-order valence-electron chi connectivity index (χ1n) is 7.91. The number of amides is 1. The molecule has 1 unspecified atom stereocenters. The standard InChI is InChI=1S/C17H18F2N2O4/c1-10(22)24-9-13-8-21(17(23)25-13)12-4-2-11(3-5-12)16-14(18)6-20-7-15(16)19/h2-5,13-14,20H,6-9H2,1H3/t13-,14?/m1/s1. The van der Waals surface area contributed by atoms with Crippen LogP contribution in [0.5, 0.6) is 0 Å². The number of ether oxygens (including phenoxy) is 2. The summed E-state index contributed by atoms with van der Waals surface area (Å²) in [6.07, 6.45) is -2.51. The molecule has 8 heteroatoms. The van der Waals surface area contributed by atoms with E-state index in [1.165, 1.54) is 11.8 Å². The van der Waals surface area contributed by atoms with E-state index < -0.39 is 30.2 Å². The van der Waals surface area contributed by atoms with Gasteiger partial charge in [0.15, 0.2) is 6.10 Å². The van der Waals surface area contributed by atoms with Crippen molar-refractivity contribution in [2.45, 2.75) is 19.2 Å². The molecule has 0 aliphatic carbocycles. The second-order valence-corrected chi connectivity index (χ2v) is 5.88. The number of nitrogens with one attached hydrogen (secondary N) is 1. The molecule has 1 amide bonds. The van der Waals surface area contributed by atoms with E-state index in [1.807, 2.05) is 0 Å². The van der Waals surface area contributed by atoms with Gasteiger partial charge in [-0.1, -0.05) is 12.1 Å². The van der Waals surface area contributed by atoms with Crippen molar-refractivity contribution in [2.24, 2.45) is 0 Å². The van der Waals surface area contributed by atoms with Crippen LogP contribution in [0.15, 0.2) is 30.1 Å². The van der Waals surface area contributed by atoms with E-state index in [2.05, 4.69) is 5.32 Å². The van der Waals surface area contributed by atoms with Crippen molar-refractivity contribution in [1.82, 2.24) is 5.32 Å². The Morgan fingerprint density at radius 1 is 1.40 bits per heavy atom. The van der Waals surface area contributed by atoms with Gasteiger partial charge < -0.3 is 14.8 Å². The summed E-state index contributed by atoms with van der Waals surface area (Å²) in [5, 5.41) is 2.66. The number of cyclic esters (lactones) is 1. The van der Waals surface area contributed by atoms with Crippen LogP contribution in [0.1, 0.15) is 12.5 Å². The highest BCUT2D eigenvalue weighted by atomic mass is 19.1. The van der Waals surface area contributed by atoms with Gasteiger partial charge >= 0.3 is 12.1 Å². The van der Waals surface area contributed by atoms with Gasteiger partial charge in [0.25, 0.3) is 0 Å². The quantitative estimate of drug-likeness (QED) is 0.842. The third kappa shape index (κ3) is 3.79. The number of carbonyl (C=O) groups excluding carboxylic acids is 2. The lowest BCUT2D eigenvalue weighted by Gasteiger charge is -2.21. The summed E-state index contributed by atoms with van der Waals surface area (Å²) in [4.78, 5) is 24.2. The molecule has 25 heavy (non-hydrogen) atoms. The van der Waals surface area contributed by atoms with Crippen molar-refractivity contribution in [3.63, 3.8) is 0 Å². The van der Waals surface area contributed by atoms with Crippen LogP contribution in [0.25, 0.3) is 5.57 Å². The number of carbonyl (C=O) groups is 2. The lowest BCUT2D eigenvalue weighted by Crippen LogP contribution is -2.32. The molecule has 2 aliphatic heterocycles. The summed E-state index contributed by atoms with van der Waals surface area (Å²) in [7, 11) is 0. The molecule has 0 bridgehead atoms. The summed E-state index contributed by atoms with van der Waals surface area (Å²) in [5.74, 6) is -0.967. The minimum absolute atomic E-state index is 0.00772. The topological polar surface area (TPSA) is 67.9 Å². The summed E-state index contributed by atoms with van der Waals surface area (Å²) in [6, 6.07) is 6.38. The Balaban J connectivity index is 1.72. The zero-order chi connectivity index (χ0) is 18.0. The SMILES string of the molecule is CC(=O)OC[C@H]1CN(c2ccc(C3=C(F)CNCC3F)cc2)C(=O)O1. The van der Waals surface area contributed by atoms with Crippen molar-refractivity contribution in [3.8, 4) is 0 Å². The van der Waals surface area contributed by atoms with Gasteiger partial charge in [0.05, 0.1) is 6.54 Å². The number of hydrogen-bond acceptors (Lipinski definition) is 5. The Morgan fingerprint density at radius 2 is 2.12 bits per heavy atom. The maximum absolute atomic E-state index is 14.0. The van der Waals surface area contributed by atoms with E-state index in [0.29, 0.717) is 11.3 Å². The molecule has 0 radical (unpaired) electrons. The first kappa shape index (κ1) is 17.3. The summed E-state index contributed by atoms with van der Waals surface area (Å²) in [6.45, 7) is 1.58. The molecule has 6 nitrogen and oxygen atoms in total. The summed E-state index contributed by atoms with van der Waals surface area (Å²) < 4.78 is 37.8. The van der Waals surface area contributed by atoms with Crippen LogP contribution in [-0.2, 0) is 14.3 Å². The zero-order valence-corrected chi connectivity index (χ0v) is 13.6. The molecule has 2 heterocycles. The molecule has 1 fully saturated rings. The fourth-order valence-corrected chi connectivity index (χ4v) is 2.86. The van der Waals surface area contributed by atoms with Crippen LogP contribution in [0, 0.1) is 0 Å². The average molecular weight is 352 g/mol. The van der Waals surface area contributed by atoms with Crippen LogP contribution in [0.3, 0.4) is 0 Å². The Hall–Kier alpha value is -2.48. The number of nitrogens with zero attached hydrogens (tertiary/aromatic N) is 1. The number of halogens is 2. The van der Waals surface area contributed by atoms with Crippen LogP contribution in [0.2, 0.25) is 0 Å². The molecule has 2 aliphatic rings. The Bertz CT molecular complexity index is 705. The second kappa shape index (κ2) is 7.18. The Morgan fingerprint density at radius 3 is 2.76 bits per heavy atom. The third-order valence-corrected chi connectivity index (χ3v) is 4.05. The predicted molar refractivity (Wildman–Crippen MR) is 86.5 cm³/mol. The normalized spacial score (nSPS) is 23.6. The largest absolute Gasteiger partial charge is 0.462 e. The summed E-state index contributed by atoms with van der Waals surface area (Å²) in [5.41, 5.74) is 1.03. The molecular weight excluding hydrogens is 334 g/mol. The highest BCUT2D eigenvalue weighted by molar-refractivity contribution is 5.90. The molecule has 3 rings (SSSR count). The van der Waals surface area contributed by atoms with Gasteiger partial charge in [0.1, 0.15) is 18.6 Å². The summed E-state index contributed by atoms with van der Waals surface area (Å²) >= 11 is 0. The molecule has 1 aromatic rings. The van der Waals surface area contributed by atoms with Gasteiger partial charge in [-0.3, -0.25) is 9.69 Å². The second-order valence-electron chi connectivity index (χ2n) is 5.88. The molecule has 134 valence electrons. The van der Waals surface area contributed by atoms with Gasteiger partial charge in [-0.15, -0.1) is 0 Å². The smallest absolute Gasteiger partial charge is 0.414 e. The molecule has 0 saturated carbocycles. The highest BCUT2D eigenvalue weighted by Crippen LogP contribution is 2.30. The first-order chi connectivity index (χ1) is 12.0. The maximum atomic E-state index is 14.0. The first-order valence-corrected chi connectivity index (χ1v) is 7.91. The van der Waals surface area contributed by atoms with E-state index in [-0.39, 0.29) is 31.8 Å². The molecule has 1 aromatic carbocycles. The predicted octanol–water partition coefficient (Wildman–Crippen LogP) is 2.20. The van der Waals surface area contributed by atoms with E-state index in [9.17, 15) is 18.4 Å². The fourth-order valence-electron chi connectivity index (χ4n) is 2.86. The van der Waals surface area contributed by atoms with E-state index in [1.54, 1.807) is 24.3 Å². The van der Waals surface area contributed by atoms with Crippen molar-refractivity contribution in [3.05, 3.63) is 35.7 Å². The van der Waals surface area contributed by atoms with Crippen molar-refractivity contribution < 1.29 is 27.8 Å². The Kier molecular flexibility index (Phi) is 4.98. The average Bonchev–Trinajstić information content (AvgIpc) is 2.94. The van der Waals surface area contributed by atoms with E-state index in [4.69, 9.17) is 9.47 Å². The number of esters is 1. The number of anilines is 1. The van der Waals surface area contributed by atoms with Gasteiger partial charge in [-0.2, -0.15) is 0 Å². The molecule has 1 N–H and O–H groups in total. The molecule has 0 spiro atoms. The monoisotopic (exact) mass is 352 g/mol. The minimum atomic E-state index is -1.41. The van der Waals surface area contributed by atoms with Crippen LogP contribution < -0.4 is 10.2 Å². The number of benzene rings is 1. The zero-order valence-electron chi connectivity index (χ0n) is 13.6. The number of hydrogen-bond donors (Lipinski definition) is 1. The number of rotatable bonds is 4. The third-order valence-electron chi connectivity index (χ3n) is 4.05. The van der Waals surface area contributed by atoms with Crippen molar-refractivity contribution in [1.29, 1.82) is 0 Å². The molecule has 0 aromatic heterocycles. The van der Waals surface area contributed by atoms with E-state index >= 15 is 0 Å². The van der Waals surface area contributed by atoms with Crippen LogP contribution in [-0.4, -0.2) is 50.6 Å². The lowest BCUT2D eigenvalue weighted by molar-refractivity contribution is -0.143. The van der Waals surface area contributed by atoms with Gasteiger partial charge in [-0.05, 0) is 17.7 Å². The molecule has 2 atom stereocenters. The Labute approximate surface area is 143 Å². The van der Waals surface area contributed by atoms with Crippen molar-refractivity contribution in [2.75, 3.05) is 31.1 Å².